The average molecular weight is 300 g/mol. The summed E-state index contributed by atoms with van der Waals surface area (Å²) in [5, 5.41) is 2.47. The standard InChI is InChI=1S/C14H24N2O5/c1-13(2,3)20-11(18)15-9-7-16(8-10(9)17)12(19)21-14(4,5)6/h9H,7-8H2,1-6H3,(H,15,18). The van der Waals surface area contributed by atoms with Crippen LogP contribution >= 0.6 is 0 Å². The monoisotopic (exact) mass is 300 g/mol. The van der Waals surface area contributed by atoms with E-state index in [0.29, 0.717) is 0 Å². The summed E-state index contributed by atoms with van der Waals surface area (Å²) < 4.78 is 10.3. The first-order chi connectivity index (χ1) is 9.37. The van der Waals surface area contributed by atoms with Gasteiger partial charge in [0.05, 0.1) is 13.1 Å². The molecule has 1 atom stereocenters. The Morgan fingerprint density at radius 3 is 2.10 bits per heavy atom. The van der Waals surface area contributed by atoms with E-state index in [1.165, 1.54) is 4.90 Å². The molecule has 0 aromatic carbocycles. The second kappa shape index (κ2) is 5.91. The summed E-state index contributed by atoms with van der Waals surface area (Å²) in [5.41, 5.74) is -1.27. The summed E-state index contributed by atoms with van der Waals surface area (Å²) >= 11 is 0. The fourth-order valence-electron chi connectivity index (χ4n) is 1.73. The van der Waals surface area contributed by atoms with E-state index in [1.807, 2.05) is 0 Å². The van der Waals surface area contributed by atoms with E-state index in [0.717, 1.165) is 0 Å². The van der Waals surface area contributed by atoms with Crippen LogP contribution in [0.25, 0.3) is 0 Å². The second-order valence-electron chi connectivity index (χ2n) is 7.03. The second-order valence-corrected chi connectivity index (χ2v) is 7.03. The summed E-state index contributed by atoms with van der Waals surface area (Å²) in [6, 6.07) is -0.757. The third kappa shape index (κ3) is 6.01. The zero-order chi connectivity index (χ0) is 16.4. The maximum Gasteiger partial charge on any atom is 0.410 e. The Bertz CT molecular complexity index is 434. The van der Waals surface area contributed by atoms with Crippen LogP contribution in [-0.4, -0.2) is 53.2 Å². The van der Waals surface area contributed by atoms with E-state index >= 15 is 0 Å². The maximum atomic E-state index is 11.9. The van der Waals surface area contributed by atoms with E-state index in [9.17, 15) is 14.4 Å². The third-order valence-corrected chi connectivity index (χ3v) is 2.48. The van der Waals surface area contributed by atoms with Crippen molar-refractivity contribution in [3.8, 4) is 0 Å². The first-order valence-electron chi connectivity index (χ1n) is 6.87. The molecular weight excluding hydrogens is 276 g/mol. The number of carbonyl (C=O) groups is 3. The molecule has 1 rings (SSSR count). The molecule has 1 aliphatic heterocycles. The molecule has 7 heteroatoms. The van der Waals surface area contributed by atoms with Crippen LogP contribution in [0.2, 0.25) is 0 Å². The minimum absolute atomic E-state index is 0.0740. The van der Waals surface area contributed by atoms with E-state index in [1.54, 1.807) is 41.5 Å². The molecule has 0 aliphatic carbocycles. The highest BCUT2D eigenvalue weighted by atomic mass is 16.6. The molecule has 1 unspecified atom stereocenters. The first kappa shape index (κ1) is 17.3. The van der Waals surface area contributed by atoms with Crippen molar-refractivity contribution in [2.75, 3.05) is 13.1 Å². The normalized spacial score (nSPS) is 19.4. The highest BCUT2D eigenvalue weighted by molar-refractivity contribution is 5.94. The molecule has 0 aromatic heterocycles. The van der Waals surface area contributed by atoms with Crippen molar-refractivity contribution < 1.29 is 23.9 Å². The Kier molecular flexibility index (Phi) is 4.86. The number of Topliss-reactive ketones (excluding diaryl/α,β-unsaturated/α-hetero) is 1. The fraction of sp³-hybridized carbons (Fsp3) is 0.786. The Hall–Kier alpha value is -1.79. The van der Waals surface area contributed by atoms with Crippen molar-refractivity contribution in [2.24, 2.45) is 0 Å². The van der Waals surface area contributed by atoms with Gasteiger partial charge in [0.25, 0.3) is 0 Å². The highest BCUT2D eigenvalue weighted by Gasteiger charge is 2.37. The molecule has 0 radical (unpaired) electrons. The fourth-order valence-corrected chi connectivity index (χ4v) is 1.73. The Morgan fingerprint density at radius 1 is 1.10 bits per heavy atom. The molecule has 120 valence electrons. The van der Waals surface area contributed by atoms with Crippen molar-refractivity contribution in [3.05, 3.63) is 0 Å². The number of ketones is 1. The minimum atomic E-state index is -0.757. The van der Waals surface area contributed by atoms with Gasteiger partial charge in [0.15, 0.2) is 5.78 Å². The SMILES string of the molecule is CC(C)(C)OC(=O)NC1CN(C(=O)OC(C)(C)C)CC1=O. The molecule has 2 amide bonds. The summed E-state index contributed by atoms with van der Waals surface area (Å²) in [7, 11) is 0. The van der Waals surface area contributed by atoms with Gasteiger partial charge in [-0.1, -0.05) is 0 Å². The molecule has 0 bridgehead atoms. The number of nitrogens with zero attached hydrogens (tertiary/aromatic N) is 1. The Labute approximate surface area is 124 Å². The molecule has 7 nitrogen and oxygen atoms in total. The summed E-state index contributed by atoms with van der Waals surface area (Å²) in [4.78, 5) is 36.6. The van der Waals surface area contributed by atoms with Gasteiger partial charge in [0.2, 0.25) is 0 Å². The topological polar surface area (TPSA) is 84.9 Å². The molecule has 1 fully saturated rings. The van der Waals surface area contributed by atoms with Gasteiger partial charge < -0.3 is 14.8 Å². The lowest BCUT2D eigenvalue weighted by atomic mass is 10.2. The Morgan fingerprint density at radius 2 is 1.62 bits per heavy atom. The average Bonchev–Trinajstić information content (AvgIpc) is 2.54. The lowest BCUT2D eigenvalue weighted by Crippen LogP contribution is -2.44. The lowest BCUT2D eigenvalue weighted by molar-refractivity contribution is -0.118. The number of rotatable bonds is 1. The molecule has 0 aromatic rings. The lowest BCUT2D eigenvalue weighted by Gasteiger charge is -2.24. The van der Waals surface area contributed by atoms with Crippen LogP contribution in [0.1, 0.15) is 41.5 Å². The van der Waals surface area contributed by atoms with E-state index in [-0.39, 0.29) is 18.9 Å². The van der Waals surface area contributed by atoms with Gasteiger partial charge in [-0.25, -0.2) is 9.59 Å². The molecule has 0 spiro atoms. The van der Waals surface area contributed by atoms with Crippen LogP contribution in [0, 0.1) is 0 Å². The largest absolute Gasteiger partial charge is 0.444 e. The van der Waals surface area contributed by atoms with Crippen LogP contribution in [-0.2, 0) is 14.3 Å². The number of hydrogen-bond acceptors (Lipinski definition) is 5. The number of alkyl carbamates (subject to hydrolysis) is 1. The van der Waals surface area contributed by atoms with Gasteiger partial charge in [0, 0.05) is 0 Å². The predicted molar refractivity (Wildman–Crippen MR) is 76.0 cm³/mol. The third-order valence-electron chi connectivity index (χ3n) is 2.48. The zero-order valence-electron chi connectivity index (χ0n) is 13.5. The molecule has 0 saturated carbocycles. The smallest absolute Gasteiger partial charge is 0.410 e. The summed E-state index contributed by atoms with van der Waals surface area (Å²) in [5.74, 6) is -0.244. The van der Waals surface area contributed by atoms with Gasteiger partial charge in [-0.2, -0.15) is 0 Å². The summed E-state index contributed by atoms with van der Waals surface area (Å²) in [6.07, 6.45) is -1.24. The molecule has 1 saturated heterocycles. The van der Waals surface area contributed by atoms with E-state index in [4.69, 9.17) is 9.47 Å². The predicted octanol–water partition coefficient (Wildman–Crippen LogP) is 1.70. The van der Waals surface area contributed by atoms with Gasteiger partial charge in [-0.05, 0) is 41.5 Å². The minimum Gasteiger partial charge on any atom is -0.444 e. The van der Waals surface area contributed by atoms with Gasteiger partial charge in [0.1, 0.15) is 17.2 Å². The number of amides is 2. The van der Waals surface area contributed by atoms with Crippen LogP contribution in [0.3, 0.4) is 0 Å². The molecule has 1 N–H and O–H groups in total. The van der Waals surface area contributed by atoms with Crippen molar-refractivity contribution in [2.45, 2.75) is 58.8 Å². The van der Waals surface area contributed by atoms with Crippen molar-refractivity contribution in [3.63, 3.8) is 0 Å². The van der Waals surface area contributed by atoms with E-state index < -0.39 is 29.4 Å². The number of carbonyl (C=O) groups excluding carboxylic acids is 3. The number of ether oxygens (including phenoxy) is 2. The van der Waals surface area contributed by atoms with Crippen LogP contribution in [0.5, 0.6) is 0 Å². The summed E-state index contributed by atoms with van der Waals surface area (Å²) in [6.45, 7) is 10.5. The maximum absolute atomic E-state index is 11.9. The quantitative estimate of drug-likeness (QED) is 0.796. The Balaban J connectivity index is 2.55. The molecule has 21 heavy (non-hydrogen) atoms. The van der Waals surface area contributed by atoms with Gasteiger partial charge in [-0.3, -0.25) is 9.69 Å². The zero-order valence-corrected chi connectivity index (χ0v) is 13.5. The number of likely N-dealkylation sites (tertiary alicyclic amines) is 1. The number of hydrogen-bond donors (Lipinski definition) is 1. The van der Waals surface area contributed by atoms with Crippen LogP contribution < -0.4 is 5.32 Å². The van der Waals surface area contributed by atoms with Gasteiger partial charge >= 0.3 is 12.2 Å². The van der Waals surface area contributed by atoms with Crippen LogP contribution in [0.15, 0.2) is 0 Å². The van der Waals surface area contributed by atoms with Crippen molar-refractivity contribution in [1.82, 2.24) is 10.2 Å². The van der Waals surface area contributed by atoms with Crippen molar-refractivity contribution in [1.29, 1.82) is 0 Å². The highest BCUT2D eigenvalue weighted by Crippen LogP contribution is 2.14. The molecule has 1 heterocycles. The van der Waals surface area contributed by atoms with Crippen molar-refractivity contribution >= 4 is 18.0 Å². The molecular formula is C14H24N2O5. The first-order valence-corrected chi connectivity index (χ1v) is 6.87. The number of nitrogens with one attached hydrogen (secondary N) is 1. The van der Waals surface area contributed by atoms with Gasteiger partial charge in [-0.15, -0.1) is 0 Å². The molecule has 1 aliphatic rings. The van der Waals surface area contributed by atoms with E-state index in [2.05, 4.69) is 5.32 Å². The van der Waals surface area contributed by atoms with Crippen LogP contribution in [0.4, 0.5) is 9.59 Å².